The molecule has 1 aromatic heterocycles. The Morgan fingerprint density at radius 3 is 3.24 bits per heavy atom. The lowest BCUT2D eigenvalue weighted by Gasteiger charge is -2.08. The fourth-order valence-electron chi connectivity index (χ4n) is 2.05. The number of rotatable bonds is 6. The van der Waals surface area contributed by atoms with Crippen molar-refractivity contribution >= 4 is 5.91 Å². The molecule has 0 spiro atoms. The molecular weight excluding hydrogens is 218 g/mol. The molecule has 1 atom stereocenters. The molecule has 2 N–H and O–H groups in total. The quantitative estimate of drug-likeness (QED) is 0.737. The summed E-state index contributed by atoms with van der Waals surface area (Å²) in [5.41, 5.74) is 0.587. The summed E-state index contributed by atoms with van der Waals surface area (Å²) in [7, 11) is 0. The highest BCUT2D eigenvalue weighted by Gasteiger charge is 2.14. The second-order valence-electron chi connectivity index (χ2n) is 4.37. The first-order valence-electron chi connectivity index (χ1n) is 6.25. The lowest BCUT2D eigenvalue weighted by molar-refractivity contribution is 0.0947. The van der Waals surface area contributed by atoms with E-state index in [-0.39, 0.29) is 5.91 Å². The van der Waals surface area contributed by atoms with E-state index in [1.807, 2.05) is 0 Å². The van der Waals surface area contributed by atoms with Gasteiger partial charge in [-0.25, -0.2) is 0 Å². The highest BCUT2D eigenvalue weighted by atomic mass is 16.5. The Morgan fingerprint density at radius 2 is 2.53 bits per heavy atom. The molecule has 1 saturated heterocycles. The predicted octanol–water partition coefficient (Wildman–Crippen LogP) is 1.49. The van der Waals surface area contributed by atoms with Gasteiger partial charge in [-0.05, 0) is 32.1 Å². The van der Waals surface area contributed by atoms with Crippen molar-refractivity contribution in [1.82, 2.24) is 15.5 Å². The normalized spacial score (nSPS) is 19.4. The van der Waals surface area contributed by atoms with Crippen molar-refractivity contribution in [3.63, 3.8) is 0 Å². The first kappa shape index (κ1) is 12.1. The predicted molar refractivity (Wildman–Crippen MR) is 63.7 cm³/mol. The van der Waals surface area contributed by atoms with Crippen LogP contribution >= 0.6 is 0 Å². The number of aromatic amines is 1. The molecule has 5 heteroatoms. The van der Waals surface area contributed by atoms with E-state index >= 15 is 0 Å². The SMILES string of the molecule is O=C(NCCCCC1CCCO1)c1cn[nH]c1. The van der Waals surface area contributed by atoms with Gasteiger partial charge in [0.2, 0.25) is 0 Å². The minimum absolute atomic E-state index is 0.0594. The van der Waals surface area contributed by atoms with Crippen molar-refractivity contribution in [2.45, 2.75) is 38.2 Å². The van der Waals surface area contributed by atoms with Crippen LogP contribution in [0.15, 0.2) is 12.4 Å². The van der Waals surface area contributed by atoms with E-state index in [4.69, 9.17) is 4.74 Å². The first-order chi connectivity index (χ1) is 8.36. The summed E-state index contributed by atoms with van der Waals surface area (Å²) in [5, 5.41) is 9.23. The van der Waals surface area contributed by atoms with Crippen LogP contribution in [0.1, 0.15) is 42.5 Å². The molecule has 17 heavy (non-hydrogen) atoms. The maximum Gasteiger partial charge on any atom is 0.254 e. The number of amides is 1. The molecule has 94 valence electrons. The molecule has 0 aliphatic carbocycles. The lowest BCUT2D eigenvalue weighted by Crippen LogP contribution is -2.24. The van der Waals surface area contributed by atoms with Gasteiger partial charge in [0.15, 0.2) is 0 Å². The van der Waals surface area contributed by atoms with Gasteiger partial charge in [0.1, 0.15) is 0 Å². The van der Waals surface area contributed by atoms with Crippen LogP contribution in [0.2, 0.25) is 0 Å². The van der Waals surface area contributed by atoms with Crippen LogP contribution < -0.4 is 5.32 Å². The number of carbonyl (C=O) groups excluding carboxylic acids is 1. The number of nitrogens with one attached hydrogen (secondary N) is 2. The lowest BCUT2D eigenvalue weighted by atomic mass is 10.1. The zero-order chi connectivity index (χ0) is 11.9. The van der Waals surface area contributed by atoms with E-state index in [9.17, 15) is 4.79 Å². The molecule has 1 amide bonds. The Labute approximate surface area is 101 Å². The summed E-state index contributed by atoms with van der Waals surface area (Å²) in [5.74, 6) is -0.0594. The van der Waals surface area contributed by atoms with Crippen LogP contribution in [0.5, 0.6) is 0 Å². The van der Waals surface area contributed by atoms with Crippen LogP contribution in [0, 0.1) is 0 Å². The number of unbranched alkanes of at least 4 members (excludes halogenated alkanes) is 1. The number of ether oxygens (including phenoxy) is 1. The van der Waals surface area contributed by atoms with E-state index in [0.717, 1.165) is 32.4 Å². The van der Waals surface area contributed by atoms with E-state index in [0.29, 0.717) is 11.7 Å². The summed E-state index contributed by atoms with van der Waals surface area (Å²) in [6.07, 6.45) is 9.20. The van der Waals surface area contributed by atoms with Crippen molar-refractivity contribution < 1.29 is 9.53 Å². The second-order valence-corrected chi connectivity index (χ2v) is 4.37. The third-order valence-corrected chi connectivity index (χ3v) is 3.02. The number of hydrogen-bond acceptors (Lipinski definition) is 3. The van der Waals surface area contributed by atoms with Crippen LogP contribution in [0.3, 0.4) is 0 Å². The summed E-state index contributed by atoms with van der Waals surface area (Å²) >= 11 is 0. The average Bonchev–Trinajstić information content (AvgIpc) is 3.01. The van der Waals surface area contributed by atoms with Crippen molar-refractivity contribution in [3.05, 3.63) is 18.0 Å². The number of H-pyrrole nitrogens is 1. The van der Waals surface area contributed by atoms with Crippen molar-refractivity contribution in [3.8, 4) is 0 Å². The van der Waals surface area contributed by atoms with Gasteiger partial charge in [0.25, 0.3) is 5.91 Å². The zero-order valence-electron chi connectivity index (χ0n) is 9.95. The molecule has 0 saturated carbocycles. The molecule has 2 rings (SSSR count). The molecule has 2 heterocycles. The molecule has 0 aromatic carbocycles. The molecule has 1 aliphatic heterocycles. The van der Waals surface area contributed by atoms with Crippen LogP contribution in [-0.2, 0) is 4.74 Å². The summed E-state index contributed by atoms with van der Waals surface area (Å²) in [6.45, 7) is 1.64. The van der Waals surface area contributed by atoms with Gasteiger partial charge in [-0.3, -0.25) is 9.89 Å². The van der Waals surface area contributed by atoms with Gasteiger partial charge < -0.3 is 10.1 Å². The highest BCUT2D eigenvalue weighted by Crippen LogP contribution is 2.17. The summed E-state index contributed by atoms with van der Waals surface area (Å²) in [4.78, 5) is 11.5. The largest absolute Gasteiger partial charge is 0.378 e. The number of nitrogens with zero attached hydrogens (tertiary/aromatic N) is 1. The Balaban J connectivity index is 1.52. The number of aromatic nitrogens is 2. The Bertz CT molecular complexity index is 332. The smallest absolute Gasteiger partial charge is 0.254 e. The number of hydrogen-bond donors (Lipinski definition) is 2. The fraction of sp³-hybridized carbons (Fsp3) is 0.667. The third kappa shape index (κ3) is 3.85. The summed E-state index contributed by atoms with van der Waals surface area (Å²) in [6, 6.07) is 0. The molecule has 5 nitrogen and oxygen atoms in total. The van der Waals surface area contributed by atoms with Gasteiger partial charge >= 0.3 is 0 Å². The maximum atomic E-state index is 11.5. The van der Waals surface area contributed by atoms with Gasteiger partial charge in [-0.1, -0.05) is 0 Å². The Kier molecular flexibility index (Phi) is 4.55. The number of carbonyl (C=O) groups is 1. The monoisotopic (exact) mass is 237 g/mol. The summed E-state index contributed by atoms with van der Waals surface area (Å²) < 4.78 is 5.54. The Hall–Kier alpha value is -1.36. The fourth-order valence-corrected chi connectivity index (χ4v) is 2.05. The minimum atomic E-state index is -0.0594. The van der Waals surface area contributed by atoms with E-state index in [2.05, 4.69) is 15.5 Å². The molecule has 0 radical (unpaired) electrons. The van der Waals surface area contributed by atoms with E-state index in [1.54, 1.807) is 6.20 Å². The van der Waals surface area contributed by atoms with E-state index in [1.165, 1.54) is 19.0 Å². The standard InChI is InChI=1S/C12H19N3O2/c16-12(10-8-14-15-9-10)13-6-2-1-4-11-5-3-7-17-11/h8-9,11H,1-7H2,(H,13,16)(H,14,15). The molecule has 0 bridgehead atoms. The van der Waals surface area contributed by atoms with Crippen LogP contribution in [0.4, 0.5) is 0 Å². The minimum Gasteiger partial charge on any atom is -0.378 e. The van der Waals surface area contributed by atoms with Gasteiger partial charge in [-0.2, -0.15) is 5.10 Å². The molecule has 1 aromatic rings. The van der Waals surface area contributed by atoms with E-state index < -0.39 is 0 Å². The van der Waals surface area contributed by atoms with Crippen molar-refractivity contribution in [1.29, 1.82) is 0 Å². The average molecular weight is 237 g/mol. The van der Waals surface area contributed by atoms with Gasteiger partial charge in [-0.15, -0.1) is 0 Å². The molecular formula is C12H19N3O2. The topological polar surface area (TPSA) is 67.0 Å². The van der Waals surface area contributed by atoms with Crippen molar-refractivity contribution in [2.75, 3.05) is 13.2 Å². The molecule has 1 unspecified atom stereocenters. The van der Waals surface area contributed by atoms with Crippen LogP contribution in [-0.4, -0.2) is 35.4 Å². The van der Waals surface area contributed by atoms with Crippen LogP contribution in [0.25, 0.3) is 0 Å². The van der Waals surface area contributed by atoms with Gasteiger partial charge in [0.05, 0.1) is 17.9 Å². The highest BCUT2D eigenvalue weighted by molar-refractivity contribution is 5.93. The third-order valence-electron chi connectivity index (χ3n) is 3.02. The zero-order valence-corrected chi connectivity index (χ0v) is 9.95. The first-order valence-corrected chi connectivity index (χ1v) is 6.25. The second kappa shape index (κ2) is 6.39. The van der Waals surface area contributed by atoms with Gasteiger partial charge in [0, 0.05) is 19.3 Å². The maximum absolute atomic E-state index is 11.5. The van der Waals surface area contributed by atoms with Crippen molar-refractivity contribution in [2.24, 2.45) is 0 Å². The molecule has 1 fully saturated rings. The molecule has 1 aliphatic rings. The Morgan fingerprint density at radius 1 is 1.59 bits per heavy atom.